The molecule has 2 heteroatoms. The summed E-state index contributed by atoms with van der Waals surface area (Å²) in [4.78, 5) is 0. The molecule has 0 spiro atoms. The summed E-state index contributed by atoms with van der Waals surface area (Å²) in [5.74, 6) is 0. The van der Waals surface area contributed by atoms with E-state index in [0.717, 1.165) is 0 Å². The van der Waals surface area contributed by atoms with Crippen molar-refractivity contribution in [3.8, 4) is 16.8 Å². The van der Waals surface area contributed by atoms with Gasteiger partial charge in [0.05, 0.1) is 19.1 Å². The summed E-state index contributed by atoms with van der Waals surface area (Å²) < 4.78 is 2.50. The van der Waals surface area contributed by atoms with E-state index in [1.165, 1.54) is 76.1 Å². The van der Waals surface area contributed by atoms with Crippen molar-refractivity contribution in [3.05, 3.63) is 133 Å². The Hall–Kier alpha value is -4.66. The molecule has 7 aromatic carbocycles. The van der Waals surface area contributed by atoms with E-state index in [-0.39, 0.29) is 0 Å². The van der Waals surface area contributed by atoms with Crippen molar-refractivity contribution in [2.75, 3.05) is 0 Å². The third kappa shape index (κ3) is 3.61. The van der Waals surface area contributed by atoms with Crippen LogP contribution in [-0.4, -0.2) is 12.6 Å². The first-order valence-corrected chi connectivity index (χ1v) is 18.0. The summed E-state index contributed by atoms with van der Waals surface area (Å²) in [6.45, 7) is 7.24. The molecule has 196 valence electrons. The van der Waals surface area contributed by atoms with E-state index in [4.69, 9.17) is 0 Å². The van der Waals surface area contributed by atoms with E-state index in [9.17, 15) is 0 Å². The summed E-state index contributed by atoms with van der Waals surface area (Å²) in [5, 5.41) is 11.9. The second-order valence-electron chi connectivity index (χ2n) is 12.2. The highest BCUT2D eigenvalue weighted by Gasteiger charge is 2.22. The van der Waals surface area contributed by atoms with Crippen LogP contribution in [0.2, 0.25) is 19.6 Å². The highest BCUT2D eigenvalue weighted by Crippen LogP contribution is 2.46. The second kappa shape index (κ2) is 8.92. The molecule has 0 amide bonds. The quantitative estimate of drug-likeness (QED) is 0.155. The lowest BCUT2D eigenvalue weighted by molar-refractivity contribution is 1.19. The van der Waals surface area contributed by atoms with Gasteiger partial charge in [-0.15, -0.1) is 0 Å². The van der Waals surface area contributed by atoms with E-state index >= 15 is 0 Å². The van der Waals surface area contributed by atoms with Gasteiger partial charge >= 0.3 is 0 Å². The smallest absolute Gasteiger partial charge is 0.0775 e. The Morgan fingerprint density at radius 1 is 0.463 bits per heavy atom. The monoisotopic (exact) mass is 541 g/mol. The molecule has 8 aromatic rings. The third-order valence-corrected chi connectivity index (χ3v) is 10.8. The zero-order valence-electron chi connectivity index (χ0n) is 23.6. The molecule has 0 aliphatic heterocycles. The van der Waals surface area contributed by atoms with Crippen LogP contribution in [0.15, 0.2) is 133 Å². The molecular weight excluding hydrogens is 511 g/mol. The average molecular weight is 542 g/mol. The molecule has 0 bridgehead atoms. The minimum absolute atomic E-state index is 1.22. The van der Waals surface area contributed by atoms with Gasteiger partial charge in [0.2, 0.25) is 0 Å². The van der Waals surface area contributed by atoms with E-state index in [1.807, 2.05) is 0 Å². The van der Waals surface area contributed by atoms with Crippen LogP contribution in [0, 0.1) is 0 Å². The molecule has 1 nitrogen and oxygen atoms in total. The minimum Gasteiger partial charge on any atom is -0.309 e. The van der Waals surface area contributed by atoms with Crippen molar-refractivity contribution in [3.63, 3.8) is 0 Å². The van der Waals surface area contributed by atoms with E-state index in [0.29, 0.717) is 0 Å². The predicted molar refractivity (Wildman–Crippen MR) is 182 cm³/mol. The van der Waals surface area contributed by atoms with Crippen LogP contribution in [0.3, 0.4) is 0 Å². The number of fused-ring (bicyclic) bond motifs is 10. The lowest BCUT2D eigenvalue weighted by atomic mass is 9.88. The van der Waals surface area contributed by atoms with Crippen molar-refractivity contribution in [1.29, 1.82) is 0 Å². The van der Waals surface area contributed by atoms with Crippen LogP contribution in [0.5, 0.6) is 0 Å². The first kappa shape index (κ1) is 24.2. The van der Waals surface area contributed by atoms with Crippen LogP contribution in [-0.2, 0) is 0 Å². The van der Waals surface area contributed by atoms with Crippen LogP contribution in [0.1, 0.15) is 0 Å². The molecule has 0 radical (unpaired) electrons. The molecule has 0 N–H and O–H groups in total. The van der Waals surface area contributed by atoms with Crippen LogP contribution in [0.4, 0.5) is 0 Å². The fourth-order valence-electron chi connectivity index (χ4n) is 6.76. The molecule has 0 aliphatic rings. The zero-order chi connectivity index (χ0) is 27.7. The third-order valence-electron chi connectivity index (χ3n) is 8.72. The Bertz CT molecular complexity index is 2270. The highest BCUT2D eigenvalue weighted by molar-refractivity contribution is 6.88. The first-order valence-electron chi connectivity index (χ1n) is 14.5. The molecular formula is C39H31NSi. The van der Waals surface area contributed by atoms with E-state index < -0.39 is 8.07 Å². The fraction of sp³-hybridized carbons (Fsp3) is 0.0769. The number of aromatic nitrogens is 1. The molecule has 41 heavy (non-hydrogen) atoms. The number of benzene rings is 7. The summed E-state index contributed by atoms with van der Waals surface area (Å²) >= 11 is 0. The summed E-state index contributed by atoms with van der Waals surface area (Å²) in [7, 11) is -1.40. The molecule has 8 rings (SSSR count). The van der Waals surface area contributed by atoms with Gasteiger partial charge in [0.25, 0.3) is 0 Å². The van der Waals surface area contributed by atoms with Crippen LogP contribution < -0.4 is 5.19 Å². The maximum absolute atomic E-state index is 2.50. The van der Waals surface area contributed by atoms with Crippen LogP contribution >= 0.6 is 0 Å². The molecule has 0 unspecified atom stereocenters. The molecule has 1 heterocycles. The number of hydrogen-bond donors (Lipinski definition) is 0. The molecule has 0 saturated carbocycles. The molecule has 0 fully saturated rings. The van der Waals surface area contributed by atoms with Gasteiger partial charge in [-0.3, -0.25) is 0 Å². The maximum atomic E-state index is 2.50. The molecule has 0 atom stereocenters. The normalized spacial score (nSPS) is 12.3. The number of rotatable bonds is 3. The molecule has 0 aliphatic carbocycles. The lowest BCUT2D eigenvalue weighted by Crippen LogP contribution is -2.37. The number of nitrogens with zero attached hydrogens (tertiary/aromatic N) is 1. The summed E-state index contributed by atoms with van der Waals surface area (Å²) in [6.07, 6.45) is 0. The minimum atomic E-state index is -1.40. The highest BCUT2D eigenvalue weighted by atomic mass is 28.3. The molecule has 1 aromatic heterocycles. The number of hydrogen-bond acceptors (Lipinski definition) is 0. The Balaban J connectivity index is 1.61. The SMILES string of the molecule is C[Si](C)(C)c1ccc(-n2c3ccccc3c3c4c5ccccc5c(-c5ccccc5)cc4c4ccccc4c32)cc1. The lowest BCUT2D eigenvalue weighted by Gasteiger charge is -2.18. The van der Waals surface area contributed by atoms with Gasteiger partial charge in [-0.25, -0.2) is 0 Å². The van der Waals surface area contributed by atoms with Crippen molar-refractivity contribution < 1.29 is 0 Å². The Morgan fingerprint density at radius 3 is 1.76 bits per heavy atom. The number of para-hydroxylation sites is 1. The van der Waals surface area contributed by atoms with Crippen LogP contribution in [0.25, 0.3) is 70.9 Å². The summed E-state index contributed by atoms with van der Waals surface area (Å²) in [6, 6.07) is 49.5. The Morgan fingerprint density at radius 2 is 1.05 bits per heavy atom. The topological polar surface area (TPSA) is 4.93 Å². The van der Waals surface area contributed by atoms with Gasteiger partial charge in [0.15, 0.2) is 0 Å². The summed E-state index contributed by atoms with van der Waals surface area (Å²) in [5.41, 5.74) is 6.28. The van der Waals surface area contributed by atoms with E-state index in [1.54, 1.807) is 0 Å². The van der Waals surface area contributed by atoms with Gasteiger partial charge in [0.1, 0.15) is 0 Å². The Labute approximate surface area is 241 Å². The van der Waals surface area contributed by atoms with Crippen molar-refractivity contribution in [1.82, 2.24) is 4.57 Å². The average Bonchev–Trinajstić information content (AvgIpc) is 3.36. The van der Waals surface area contributed by atoms with Crippen molar-refractivity contribution >= 4 is 67.4 Å². The Kier molecular flexibility index (Phi) is 5.26. The maximum Gasteiger partial charge on any atom is 0.0775 e. The van der Waals surface area contributed by atoms with Gasteiger partial charge in [-0.2, -0.15) is 0 Å². The van der Waals surface area contributed by atoms with Crippen molar-refractivity contribution in [2.45, 2.75) is 19.6 Å². The second-order valence-corrected chi connectivity index (χ2v) is 17.3. The fourth-order valence-corrected chi connectivity index (χ4v) is 7.93. The van der Waals surface area contributed by atoms with E-state index in [2.05, 4.69) is 158 Å². The van der Waals surface area contributed by atoms with Gasteiger partial charge in [-0.05, 0) is 56.9 Å². The zero-order valence-corrected chi connectivity index (χ0v) is 24.6. The van der Waals surface area contributed by atoms with Gasteiger partial charge < -0.3 is 4.57 Å². The predicted octanol–water partition coefficient (Wildman–Crippen LogP) is 10.5. The molecule has 0 saturated heterocycles. The largest absolute Gasteiger partial charge is 0.309 e. The van der Waals surface area contributed by atoms with Gasteiger partial charge in [0, 0.05) is 27.2 Å². The first-order chi connectivity index (χ1) is 20.0. The van der Waals surface area contributed by atoms with Crippen molar-refractivity contribution in [2.24, 2.45) is 0 Å². The standard InChI is InChI=1S/C39H31NSi/c1-41(2,3)28-23-21-27(22-24-28)40-36-20-12-11-19-33(36)38-37-31-17-9-7-15-29(31)34(26-13-5-4-6-14-26)25-35(37)30-16-8-10-18-32(30)39(38)40/h4-25H,1-3H3. The van der Waals surface area contributed by atoms with Gasteiger partial charge in [-0.1, -0.05) is 134 Å².